The fourth-order valence-corrected chi connectivity index (χ4v) is 4.82. The zero-order chi connectivity index (χ0) is 20.9. The van der Waals surface area contributed by atoms with E-state index in [0.717, 1.165) is 29.2 Å². The molecule has 156 valence electrons. The van der Waals surface area contributed by atoms with Gasteiger partial charge in [-0.2, -0.15) is 0 Å². The summed E-state index contributed by atoms with van der Waals surface area (Å²) in [4.78, 5) is 18.5. The van der Waals surface area contributed by atoms with Crippen LogP contribution in [0.2, 0.25) is 0 Å². The van der Waals surface area contributed by atoms with Crippen LogP contribution in [0.15, 0.2) is 63.9 Å². The molecule has 1 amide bonds. The highest BCUT2D eigenvalue weighted by Gasteiger charge is 2.23. The molecule has 0 saturated heterocycles. The van der Waals surface area contributed by atoms with Crippen LogP contribution in [0.1, 0.15) is 54.4 Å². The second-order valence-electron chi connectivity index (χ2n) is 8.04. The maximum atomic E-state index is 12.6. The van der Waals surface area contributed by atoms with Crippen molar-refractivity contribution in [1.29, 1.82) is 0 Å². The maximum absolute atomic E-state index is 12.6. The molecule has 1 aliphatic rings. The van der Waals surface area contributed by atoms with E-state index in [2.05, 4.69) is 29.4 Å². The molecule has 1 heterocycles. The zero-order valence-corrected chi connectivity index (χ0v) is 18.4. The van der Waals surface area contributed by atoms with E-state index in [0.29, 0.717) is 17.4 Å². The predicted octanol–water partition coefficient (Wildman–Crippen LogP) is 6.25. The molecule has 1 fully saturated rings. The molecule has 0 radical (unpaired) electrons. The van der Waals surface area contributed by atoms with Crippen molar-refractivity contribution in [2.45, 2.75) is 56.2 Å². The molecule has 0 bridgehead atoms. The van der Waals surface area contributed by atoms with Crippen LogP contribution in [-0.2, 0) is 5.75 Å². The Morgan fingerprint density at radius 2 is 1.83 bits per heavy atom. The van der Waals surface area contributed by atoms with Crippen LogP contribution in [0, 0.1) is 12.8 Å². The van der Waals surface area contributed by atoms with Gasteiger partial charge in [-0.25, -0.2) is 4.98 Å². The number of nitrogens with zero attached hydrogens (tertiary/aromatic N) is 1. The monoisotopic (exact) mass is 420 g/mol. The molecule has 4 nitrogen and oxygen atoms in total. The van der Waals surface area contributed by atoms with Crippen molar-refractivity contribution in [3.8, 4) is 11.5 Å². The van der Waals surface area contributed by atoms with E-state index >= 15 is 0 Å². The van der Waals surface area contributed by atoms with Crippen LogP contribution in [0.5, 0.6) is 0 Å². The molecule has 5 heteroatoms. The maximum Gasteiger partial charge on any atom is 0.251 e. The van der Waals surface area contributed by atoms with Crippen molar-refractivity contribution in [2.75, 3.05) is 0 Å². The van der Waals surface area contributed by atoms with Gasteiger partial charge in [0.2, 0.25) is 5.89 Å². The average molecular weight is 421 g/mol. The second kappa shape index (κ2) is 9.52. The lowest BCUT2D eigenvalue weighted by Gasteiger charge is -2.29. The topological polar surface area (TPSA) is 55.1 Å². The van der Waals surface area contributed by atoms with Crippen LogP contribution in [0.25, 0.3) is 11.5 Å². The van der Waals surface area contributed by atoms with Crippen LogP contribution in [-0.4, -0.2) is 16.9 Å². The first-order valence-corrected chi connectivity index (χ1v) is 11.6. The summed E-state index contributed by atoms with van der Waals surface area (Å²) in [6.07, 6.45) is 4.73. The Morgan fingerprint density at radius 3 is 2.57 bits per heavy atom. The fourth-order valence-electron chi connectivity index (χ4n) is 3.90. The molecular formula is C25H28N2O2S. The van der Waals surface area contributed by atoms with Gasteiger partial charge in [-0.1, -0.05) is 38.0 Å². The molecule has 1 aromatic heterocycles. The SMILES string of the molecule is Cc1oc(-c2ccc(C(=O)N[C@H]3CCCC[C@@H]3C)cc2)nc1CSc1ccccc1. The minimum Gasteiger partial charge on any atom is -0.441 e. The highest BCUT2D eigenvalue weighted by Crippen LogP contribution is 2.28. The minimum absolute atomic E-state index is 0.00355. The number of carbonyl (C=O) groups excluding carboxylic acids is 1. The number of oxazole rings is 1. The molecular weight excluding hydrogens is 392 g/mol. The van der Waals surface area contributed by atoms with Crippen LogP contribution in [0.4, 0.5) is 0 Å². The molecule has 30 heavy (non-hydrogen) atoms. The molecule has 1 N–H and O–H groups in total. The Hall–Kier alpha value is -2.53. The number of rotatable bonds is 6. The number of thioether (sulfide) groups is 1. The lowest BCUT2D eigenvalue weighted by Crippen LogP contribution is -2.41. The van der Waals surface area contributed by atoms with E-state index in [-0.39, 0.29) is 11.9 Å². The normalized spacial score (nSPS) is 18.9. The van der Waals surface area contributed by atoms with E-state index < -0.39 is 0 Å². The summed E-state index contributed by atoms with van der Waals surface area (Å²) in [5, 5.41) is 3.21. The molecule has 0 spiro atoms. The summed E-state index contributed by atoms with van der Waals surface area (Å²) in [5.41, 5.74) is 2.52. The summed E-state index contributed by atoms with van der Waals surface area (Å²) >= 11 is 1.74. The van der Waals surface area contributed by atoms with Gasteiger partial charge in [0.25, 0.3) is 5.91 Å². The van der Waals surface area contributed by atoms with Crippen molar-refractivity contribution in [3.63, 3.8) is 0 Å². The van der Waals surface area contributed by atoms with Gasteiger partial charge in [0.05, 0.1) is 5.69 Å². The largest absolute Gasteiger partial charge is 0.441 e. The molecule has 2 atom stereocenters. The standard InChI is InChI=1S/C25H28N2O2S/c1-17-8-6-7-11-22(17)26-24(28)19-12-14-20(15-13-19)25-27-23(18(2)29-25)16-30-21-9-4-3-5-10-21/h3-5,9-10,12-15,17,22H,6-8,11,16H2,1-2H3,(H,26,28)/t17-,22-/m0/s1. The Bertz CT molecular complexity index is 982. The van der Waals surface area contributed by atoms with E-state index in [4.69, 9.17) is 4.42 Å². The number of aromatic nitrogens is 1. The van der Waals surface area contributed by atoms with Crippen molar-refractivity contribution >= 4 is 17.7 Å². The smallest absolute Gasteiger partial charge is 0.251 e. The summed E-state index contributed by atoms with van der Waals surface area (Å²) in [6.45, 7) is 4.18. The van der Waals surface area contributed by atoms with Gasteiger partial charge in [0.15, 0.2) is 0 Å². The second-order valence-corrected chi connectivity index (χ2v) is 9.09. The molecule has 0 unspecified atom stereocenters. The Morgan fingerprint density at radius 1 is 1.10 bits per heavy atom. The fraction of sp³-hybridized carbons (Fsp3) is 0.360. The van der Waals surface area contributed by atoms with Crippen molar-refractivity contribution in [1.82, 2.24) is 10.3 Å². The number of carbonyl (C=O) groups is 1. The third-order valence-electron chi connectivity index (χ3n) is 5.83. The summed E-state index contributed by atoms with van der Waals surface area (Å²) in [7, 11) is 0. The highest BCUT2D eigenvalue weighted by molar-refractivity contribution is 7.98. The van der Waals surface area contributed by atoms with Crippen LogP contribution >= 0.6 is 11.8 Å². The Labute approximate surface area is 182 Å². The summed E-state index contributed by atoms with van der Waals surface area (Å²) in [5.74, 6) is 2.75. The van der Waals surface area contributed by atoms with Crippen LogP contribution in [0.3, 0.4) is 0 Å². The quantitative estimate of drug-likeness (QED) is 0.479. The predicted molar refractivity (Wildman–Crippen MR) is 122 cm³/mol. The number of hydrogen-bond donors (Lipinski definition) is 1. The highest BCUT2D eigenvalue weighted by atomic mass is 32.2. The van der Waals surface area contributed by atoms with Gasteiger partial charge in [-0.3, -0.25) is 4.79 Å². The van der Waals surface area contributed by atoms with Crippen molar-refractivity contribution < 1.29 is 9.21 Å². The lowest BCUT2D eigenvalue weighted by molar-refractivity contribution is 0.0910. The van der Waals surface area contributed by atoms with E-state index in [1.54, 1.807) is 11.8 Å². The summed E-state index contributed by atoms with van der Waals surface area (Å²) in [6, 6.07) is 18.1. The first-order valence-electron chi connectivity index (χ1n) is 10.7. The van der Waals surface area contributed by atoms with Crippen molar-refractivity contribution in [3.05, 3.63) is 71.6 Å². The Kier molecular flexibility index (Phi) is 6.58. The van der Waals surface area contributed by atoms with Gasteiger partial charge in [-0.05, 0) is 62.1 Å². The first-order chi connectivity index (χ1) is 14.6. The number of benzene rings is 2. The number of hydrogen-bond acceptors (Lipinski definition) is 4. The number of amides is 1. The van der Waals surface area contributed by atoms with Crippen molar-refractivity contribution in [2.24, 2.45) is 5.92 Å². The third kappa shape index (κ3) is 4.96. The molecule has 1 saturated carbocycles. The zero-order valence-electron chi connectivity index (χ0n) is 17.6. The first kappa shape index (κ1) is 20.7. The van der Waals surface area contributed by atoms with E-state index in [9.17, 15) is 4.79 Å². The number of aryl methyl sites for hydroxylation is 1. The van der Waals surface area contributed by atoms with Gasteiger partial charge in [-0.15, -0.1) is 11.8 Å². The molecule has 2 aromatic carbocycles. The summed E-state index contributed by atoms with van der Waals surface area (Å²) < 4.78 is 5.90. The minimum atomic E-state index is 0.00355. The lowest BCUT2D eigenvalue weighted by atomic mass is 9.86. The molecule has 3 aromatic rings. The Balaban J connectivity index is 1.40. The van der Waals surface area contributed by atoms with Crippen LogP contribution < -0.4 is 5.32 Å². The van der Waals surface area contributed by atoms with Gasteiger partial charge in [0.1, 0.15) is 5.76 Å². The van der Waals surface area contributed by atoms with Gasteiger partial charge >= 0.3 is 0 Å². The van der Waals surface area contributed by atoms with E-state index in [1.165, 1.54) is 24.2 Å². The third-order valence-corrected chi connectivity index (χ3v) is 6.86. The molecule has 0 aliphatic heterocycles. The average Bonchev–Trinajstić information content (AvgIpc) is 3.15. The van der Waals surface area contributed by atoms with E-state index in [1.807, 2.05) is 49.4 Å². The number of nitrogens with one attached hydrogen (secondary N) is 1. The molecule has 4 rings (SSSR count). The van der Waals surface area contributed by atoms with Gasteiger partial charge in [0, 0.05) is 27.8 Å². The van der Waals surface area contributed by atoms with Gasteiger partial charge < -0.3 is 9.73 Å². The molecule has 1 aliphatic carbocycles.